The number of benzene rings is 1. The number of rotatable bonds is 4. The molecule has 0 unspecified atom stereocenters. The first-order valence-electron chi connectivity index (χ1n) is 5.72. The number of nitrogens with one attached hydrogen (secondary N) is 1. The monoisotopic (exact) mass is 327 g/mol. The zero-order chi connectivity index (χ0) is 14.5. The third-order valence-corrected chi connectivity index (χ3v) is 3.75. The van der Waals surface area contributed by atoms with Gasteiger partial charge in [-0.25, -0.2) is 10.4 Å². The van der Waals surface area contributed by atoms with E-state index in [0.717, 1.165) is 10.7 Å². The highest BCUT2D eigenvalue weighted by atomic mass is 35.5. The van der Waals surface area contributed by atoms with Crippen molar-refractivity contribution < 1.29 is 4.79 Å². The third-order valence-electron chi connectivity index (χ3n) is 2.36. The minimum atomic E-state index is -0.225. The Kier molecular flexibility index (Phi) is 5.11. The van der Waals surface area contributed by atoms with Crippen LogP contribution in [0, 0.1) is 6.92 Å². The number of aryl methyl sites for hydroxylation is 1. The average molecular weight is 328 g/mol. The maximum Gasteiger partial charge on any atom is 0.246 e. The van der Waals surface area contributed by atoms with Crippen LogP contribution in [-0.4, -0.2) is 17.1 Å². The first kappa shape index (κ1) is 15.0. The molecule has 0 atom stereocenters. The van der Waals surface area contributed by atoms with E-state index in [2.05, 4.69) is 15.5 Å². The first-order chi connectivity index (χ1) is 9.54. The summed E-state index contributed by atoms with van der Waals surface area (Å²) in [7, 11) is 0. The number of hydrogen-bond donors (Lipinski definition) is 1. The molecule has 0 saturated heterocycles. The molecule has 0 aliphatic rings. The second-order valence-electron chi connectivity index (χ2n) is 3.99. The van der Waals surface area contributed by atoms with E-state index in [1.807, 2.05) is 12.3 Å². The van der Waals surface area contributed by atoms with E-state index in [0.29, 0.717) is 15.6 Å². The molecular formula is C13H11Cl2N3OS. The Labute approximate surface area is 130 Å². The van der Waals surface area contributed by atoms with Gasteiger partial charge in [0.15, 0.2) is 0 Å². The number of thiazole rings is 1. The molecule has 1 N–H and O–H groups in total. The van der Waals surface area contributed by atoms with Crippen molar-refractivity contribution in [3.05, 3.63) is 49.9 Å². The lowest BCUT2D eigenvalue weighted by Gasteiger charge is -1.99. The smallest absolute Gasteiger partial charge is 0.246 e. The van der Waals surface area contributed by atoms with Crippen LogP contribution in [0.4, 0.5) is 0 Å². The first-order valence-corrected chi connectivity index (χ1v) is 7.36. The molecule has 0 bridgehead atoms. The average Bonchev–Trinajstić information content (AvgIpc) is 2.77. The van der Waals surface area contributed by atoms with Crippen molar-refractivity contribution in [2.45, 2.75) is 13.3 Å². The molecule has 1 aromatic heterocycles. The van der Waals surface area contributed by atoms with E-state index in [4.69, 9.17) is 23.2 Å². The molecular weight excluding hydrogens is 317 g/mol. The van der Waals surface area contributed by atoms with Crippen LogP contribution in [0.3, 0.4) is 0 Å². The normalized spacial score (nSPS) is 10.9. The lowest BCUT2D eigenvalue weighted by molar-refractivity contribution is -0.120. The van der Waals surface area contributed by atoms with Crippen LogP contribution >= 0.6 is 34.5 Å². The van der Waals surface area contributed by atoms with Gasteiger partial charge in [-0.15, -0.1) is 11.3 Å². The van der Waals surface area contributed by atoms with Crippen LogP contribution in [-0.2, 0) is 11.2 Å². The summed E-state index contributed by atoms with van der Waals surface area (Å²) in [6.07, 6.45) is 1.68. The van der Waals surface area contributed by atoms with Gasteiger partial charge in [-0.3, -0.25) is 4.79 Å². The van der Waals surface area contributed by atoms with E-state index in [9.17, 15) is 4.79 Å². The van der Waals surface area contributed by atoms with Crippen molar-refractivity contribution in [3.8, 4) is 0 Å². The van der Waals surface area contributed by atoms with Gasteiger partial charge in [-0.1, -0.05) is 29.3 Å². The number of hydrogen-bond acceptors (Lipinski definition) is 4. The summed E-state index contributed by atoms with van der Waals surface area (Å²) >= 11 is 13.3. The van der Waals surface area contributed by atoms with Crippen LogP contribution in [0.2, 0.25) is 10.0 Å². The molecule has 4 nitrogen and oxygen atoms in total. The van der Waals surface area contributed by atoms with Gasteiger partial charge >= 0.3 is 0 Å². The predicted octanol–water partition coefficient (Wildman–Crippen LogP) is 3.45. The molecule has 0 fully saturated rings. The predicted molar refractivity (Wildman–Crippen MR) is 82.8 cm³/mol. The number of carbonyl (C=O) groups excluding carboxylic acids is 1. The van der Waals surface area contributed by atoms with Gasteiger partial charge in [0, 0.05) is 16.0 Å². The van der Waals surface area contributed by atoms with Crippen molar-refractivity contribution in [1.82, 2.24) is 10.4 Å². The SMILES string of the molecule is Cc1nc(CC(=O)N/N=C\c2ccc(Cl)cc2Cl)cs1. The Balaban J connectivity index is 1.91. The van der Waals surface area contributed by atoms with Crippen LogP contribution in [0.25, 0.3) is 0 Å². The minimum Gasteiger partial charge on any atom is -0.273 e. The van der Waals surface area contributed by atoms with Gasteiger partial charge in [-0.2, -0.15) is 5.10 Å². The summed E-state index contributed by atoms with van der Waals surface area (Å²) in [5.41, 5.74) is 3.86. The van der Waals surface area contributed by atoms with Gasteiger partial charge in [-0.05, 0) is 19.1 Å². The van der Waals surface area contributed by atoms with Crippen molar-refractivity contribution >= 4 is 46.7 Å². The molecule has 7 heteroatoms. The van der Waals surface area contributed by atoms with Crippen molar-refractivity contribution in [3.63, 3.8) is 0 Å². The highest BCUT2D eigenvalue weighted by Crippen LogP contribution is 2.19. The Hall–Kier alpha value is -1.43. The van der Waals surface area contributed by atoms with Gasteiger partial charge < -0.3 is 0 Å². The second kappa shape index (κ2) is 6.83. The number of aromatic nitrogens is 1. The van der Waals surface area contributed by atoms with Crippen molar-refractivity contribution in [1.29, 1.82) is 0 Å². The summed E-state index contributed by atoms with van der Waals surface area (Å²) in [6.45, 7) is 1.90. The molecule has 0 aliphatic carbocycles. The van der Waals surface area contributed by atoms with E-state index < -0.39 is 0 Å². The second-order valence-corrected chi connectivity index (χ2v) is 5.90. The van der Waals surface area contributed by atoms with Crippen molar-refractivity contribution in [2.75, 3.05) is 0 Å². The van der Waals surface area contributed by atoms with Crippen LogP contribution < -0.4 is 5.43 Å². The van der Waals surface area contributed by atoms with E-state index >= 15 is 0 Å². The molecule has 1 heterocycles. The Morgan fingerprint density at radius 2 is 2.30 bits per heavy atom. The van der Waals surface area contributed by atoms with E-state index in [1.165, 1.54) is 17.6 Å². The highest BCUT2D eigenvalue weighted by Gasteiger charge is 2.05. The fourth-order valence-corrected chi connectivity index (χ4v) is 2.54. The summed E-state index contributed by atoms with van der Waals surface area (Å²) in [4.78, 5) is 15.8. The molecule has 0 radical (unpaired) electrons. The zero-order valence-corrected chi connectivity index (χ0v) is 12.9. The maximum atomic E-state index is 11.6. The summed E-state index contributed by atoms with van der Waals surface area (Å²) < 4.78 is 0. The number of hydrazone groups is 1. The minimum absolute atomic E-state index is 0.204. The summed E-state index contributed by atoms with van der Waals surface area (Å²) in [6, 6.07) is 5.04. The largest absolute Gasteiger partial charge is 0.273 e. The fraction of sp³-hybridized carbons (Fsp3) is 0.154. The lowest BCUT2D eigenvalue weighted by Crippen LogP contribution is -2.19. The van der Waals surface area contributed by atoms with Crippen LogP contribution in [0.15, 0.2) is 28.7 Å². The molecule has 2 aromatic rings. The molecule has 0 saturated carbocycles. The number of carbonyl (C=O) groups is 1. The lowest BCUT2D eigenvalue weighted by atomic mass is 10.2. The van der Waals surface area contributed by atoms with E-state index in [-0.39, 0.29) is 12.3 Å². The molecule has 1 amide bonds. The summed E-state index contributed by atoms with van der Waals surface area (Å²) in [5.74, 6) is -0.225. The zero-order valence-electron chi connectivity index (χ0n) is 10.6. The quantitative estimate of drug-likeness (QED) is 0.690. The standard InChI is InChI=1S/C13H11Cl2N3OS/c1-8-17-11(7-20-8)5-13(19)18-16-6-9-2-3-10(14)4-12(9)15/h2-4,6-7H,5H2,1H3,(H,18,19)/b16-6-. The van der Waals surface area contributed by atoms with E-state index in [1.54, 1.807) is 18.2 Å². The van der Waals surface area contributed by atoms with Gasteiger partial charge in [0.1, 0.15) is 0 Å². The Morgan fingerprint density at radius 1 is 1.50 bits per heavy atom. The third kappa shape index (κ3) is 4.30. The Morgan fingerprint density at radius 3 is 2.95 bits per heavy atom. The number of nitrogens with zero attached hydrogens (tertiary/aromatic N) is 2. The van der Waals surface area contributed by atoms with Gasteiger partial charge in [0.25, 0.3) is 0 Å². The van der Waals surface area contributed by atoms with Gasteiger partial charge in [0.05, 0.1) is 28.4 Å². The molecule has 0 spiro atoms. The van der Waals surface area contributed by atoms with Crippen LogP contribution in [0.1, 0.15) is 16.3 Å². The number of halogens is 2. The number of amides is 1. The molecule has 104 valence electrons. The molecule has 20 heavy (non-hydrogen) atoms. The molecule has 0 aliphatic heterocycles. The topological polar surface area (TPSA) is 54.4 Å². The highest BCUT2D eigenvalue weighted by molar-refractivity contribution is 7.09. The molecule has 2 rings (SSSR count). The summed E-state index contributed by atoms with van der Waals surface area (Å²) in [5, 5.41) is 7.68. The van der Waals surface area contributed by atoms with Crippen molar-refractivity contribution in [2.24, 2.45) is 5.10 Å². The maximum absolute atomic E-state index is 11.6. The fourth-order valence-electron chi connectivity index (χ4n) is 1.47. The molecule has 1 aromatic carbocycles. The van der Waals surface area contributed by atoms with Gasteiger partial charge in [0.2, 0.25) is 5.91 Å². The Bertz CT molecular complexity index is 655. The van der Waals surface area contributed by atoms with Crippen LogP contribution in [0.5, 0.6) is 0 Å².